The number of aryl methyl sites for hydroxylation is 1. The minimum Gasteiger partial charge on any atom is -0.343 e. The molecule has 4 rings (SSSR count). The summed E-state index contributed by atoms with van der Waals surface area (Å²) in [6, 6.07) is 10.3. The van der Waals surface area contributed by atoms with Crippen LogP contribution < -0.4 is 0 Å². The Kier molecular flexibility index (Phi) is 4.81. The third kappa shape index (κ3) is 4.27. The number of piperidine rings is 1. The van der Waals surface area contributed by atoms with Gasteiger partial charge in [-0.2, -0.15) is 5.10 Å². The summed E-state index contributed by atoms with van der Waals surface area (Å²) in [4.78, 5) is 19.1. The molecule has 1 N–H and O–H groups in total. The number of hydrogen-bond acceptors (Lipinski definition) is 3. The van der Waals surface area contributed by atoms with Crippen molar-refractivity contribution in [3.63, 3.8) is 0 Å². The first-order valence-corrected chi connectivity index (χ1v) is 9.51. The van der Waals surface area contributed by atoms with E-state index in [4.69, 9.17) is 0 Å². The van der Waals surface area contributed by atoms with E-state index in [0.717, 1.165) is 50.4 Å². The summed E-state index contributed by atoms with van der Waals surface area (Å²) in [5.74, 6) is 3.53. The molecule has 1 aromatic heterocycles. The second-order valence-corrected chi connectivity index (χ2v) is 7.43. The molecule has 132 valence electrons. The Morgan fingerprint density at radius 2 is 1.88 bits per heavy atom. The fraction of sp³-hybridized carbons (Fsp3) is 0.550. The Bertz CT molecular complexity index is 699. The van der Waals surface area contributed by atoms with Crippen molar-refractivity contribution in [1.82, 2.24) is 20.1 Å². The van der Waals surface area contributed by atoms with Crippen LogP contribution in [0.4, 0.5) is 0 Å². The molecule has 0 atom stereocenters. The number of H-pyrrole nitrogens is 1. The number of carbonyl (C=O) groups excluding carboxylic acids is 1. The molecule has 1 saturated heterocycles. The average Bonchev–Trinajstić information content (AvgIpc) is 3.41. The van der Waals surface area contributed by atoms with E-state index in [1.54, 1.807) is 0 Å². The van der Waals surface area contributed by atoms with E-state index >= 15 is 0 Å². The van der Waals surface area contributed by atoms with Crippen molar-refractivity contribution < 1.29 is 4.79 Å². The van der Waals surface area contributed by atoms with E-state index in [0.29, 0.717) is 18.3 Å². The monoisotopic (exact) mass is 338 g/mol. The number of rotatable bonds is 6. The number of aromatic amines is 1. The Morgan fingerprint density at radius 3 is 2.60 bits per heavy atom. The molecule has 2 aromatic rings. The average molecular weight is 338 g/mol. The zero-order valence-electron chi connectivity index (χ0n) is 14.7. The van der Waals surface area contributed by atoms with Crippen LogP contribution >= 0.6 is 0 Å². The molecule has 1 aliphatic carbocycles. The van der Waals surface area contributed by atoms with Crippen molar-refractivity contribution in [2.45, 2.75) is 50.9 Å². The number of likely N-dealkylation sites (tertiary alicyclic amines) is 1. The van der Waals surface area contributed by atoms with Gasteiger partial charge in [-0.15, -0.1) is 0 Å². The molecule has 1 aliphatic heterocycles. The lowest BCUT2D eigenvalue weighted by Gasteiger charge is -2.31. The first-order chi connectivity index (χ1) is 12.3. The van der Waals surface area contributed by atoms with Gasteiger partial charge in [-0.1, -0.05) is 30.3 Å². The van der Waals surface area contributed by atoms with E-state index in [9.17, 15) is 4.79 Å². The van der Waals surface area contributed by atoms with Crippen LogP contribution in [0.2, 0.25) is 0 Å². The van der Waals surface area contributed by atoms with Crippen molar-refractivity contribution in [3.8, 4) is 0 Å². The van der Waals surface area contributed by atoms with Crippen LogP contribution in [0, 0.1) is 5.92 Å². The van der Waals surface area contributed by atoms with Crippen molar-refractivity contribution >= 4 is 5.91 Å². The molecular weight excluding hydrogens is 312 g/mol. The fourth-order valence-corrected chi connectivity index (χ4v) is 3.64. The van der Waals surface area contributed by atoms with Gasteiger partial charge >= 0.3 is 0 Å². The van der Waals surface area contributed by atoms with Crippen molar-refractivity contribution in [1.29, 1.82) is 0 Å². The highest BCUT2D eigenvalue weighted by atomic mass is 16.2. The topological polar surface area (TPSA) is 61.9 Å². The van der Waals surface area contributed by atoms with Gasteiger partial charge in [0.05, 0.1) is 0 Å². The fourth-order valence-electron chi connectivity index (χ4n) is 3.64. The summed E-state index contributed by atoms with van der Waals surface area (Å²) in [6.07, 6.45) is 7.02. The van der Waals surface area contributed by atoms with Crippen molar-refractivity contribution in [3.05, 3.63) is 47.5 Å². The normalized spacial score (nSPS) is 18.5. The van der Waals surface area contributed by atoms with Crippen molar-refractivity contribution in [2.24, 2.45) is 5.92 Å². The van der Waals surface area contributed by atoms with Crippen LogP contribution in [0.25, 0.3) is 0 Å². The molecule has 0 unspecified atom stereocenters. The second kappa shape index (κ2) is 7.38. The summed E-state index contributed by atoms with van der Waals surface area (Å²) < 4.78 is 0. The maximum atomic E-state index is 12.4. The van der Waals surface area contributed by atoms with E-state index in [1.165, 1.54) is 18.4 Å². The molecule has 5 nitrogen and oxygen atoms in total. The lowest BCUT2D eigenvalue weighted by molar-refractivity contribution is -0.132. The van der Waals surface area contributed by atoms with Crippen LogP contribution in [-0.2, 0) is 17.6 Å². The Labute approximate surface area is 148 Å². The molecule has 2 aliphatic rings. The number of carbonyl (C=O) groups is 1. The molecule has 1 amide bonds. The highest BCUT2D eigenvalue weighted by Gasteiger charge is 2.28. The van der Waals surface area contributed by atoms with Crippen LogP contribution in [0.1, 0.15) is 55.2 Å². The van der Waals surface area contributed by atoms with Gasteiger partial charge in [0.25, 0.3) is 0 Å². The van der Waals surface area contributed by atoms with Gasteiger partial charge in [-0.25, -0.2) is 4.98 Å². The van der Waals surface area contributed by atoms with Crippen LogP contribution in [0.15, 0.2) is 30.3 Å². The van der Waals surface area contributed by atoms with Crippen LogP contribution in [-0.4, -0.2) is 39.1 Å². The first kappa shape index (κ1) is 16.3. The quantitative estimate of drug-likeness (QED) is 0.880. The SMILES string of the molecule is O=C(CCc1ccccc1)N1CCC(Cc2nc(C3CC3)n[nH]2)CC1. The zero-order chi connectivity index (χ0) is 17.1. The molecule has 0 spiro atoms. The highest BCUT2D eigenvalue weighted by Crippen LogP contribution is 2.37. The van der Waals surface area contributed by atoms with Gasteiger partial charge in [0.2, 0.25) is 5.91 Å². The smallest absolute Gasteiger partial charge is 0.222 e. The standard InChI is InChI=1S/C20H26N4O/c25-19(9-6-15-4-2-1-3-5-15)24-12-10-16(11-13-24)14-18-21-20(23-22-18)17-7-8-17/h1-5,16-17H,6-14H2,(H,21,22,23). The Hall–Kier alpha value is -2.17. The van der Waals surface area contributed by atoms with Gasteiger partial charge in [-0.3, -0.25) is 9.89 Å². The zero-order valence-corrected chi connectivity index (χ0v) is 14.7. The second-order valence-electron chi connectivity index (χ2n) is 7.43. The predicted molar refractivity (Wildman–Crippen MR) is 96.1 cm³/mol. The number of nitrogens with zero attached hydrogens (tertiary/aromatic N) is 3. The van der Waals surface area contributed by atoms with Gasteiger partial charge in [-0.05, 0) is 43.6 Å². The Morgan fingerprint density at radius 1 is 1.12 bits per heavy atom. The summed E-state index contributed by atoms with van der Waals surface area (Å²) in [7, 11) is 0. The third-order valence-electron chi connectivity index (χ3n) is 5.41. The van der Waals surface area contributed by atoms with E-state index in [-0.39, 0.29) is 5.91 Å². The maximum Gasteiger partial charge on any atom is 0.222 e. The lowest BCUT2D eigenvalue weighted by Crippen LogP contribution is -2.39. The summed E-state index contributed by atoms with van der Waals surface area (Å²) in [5, 5.41) is 7.44. The molecule has 1 aromatic carbocycles. The minimum absolute atomic E-state index is 0.290. The van der Waals surface area contributed by atoms with Gasteiger partial charge in [0, 0.05) is 31.8 Å². The van der Waals surface area contributed by atoms with Crippen LogP contribution in [0.5, 0.6) is 0 Å². The number of aromatic nitrogens is 3. The Balaban J connectivity index is 1.21. The molecule has 2 heterocycles. The molecule has 25 heavy (non-hydrogen) atoms. The van der Waals surface area contributed by atoms with Gasteiger partial charge in [0.1, 0.15) is 5.82 Å². The van der Waals surface area contributed by atoms with Gasteiger partial charge in [0.15, 0.2) is 5.82 Å². The van der Waals surface area contributed by atoms with E-state index in [1.807, 2.05) is 23.1 Å². The van der Waals surface area contributed by atoms with Crippen molar-refractivity contribution in [2.75, 3.05) is 13.1 Å². The number of amides is 1. The predicted octanol–water partition coefficient (Wildman–Crippen LogP) is 3.10. The largest absolute Gasteiger partial charge is 0.343 e. The van der Waals surface area contributed by atoms with E-state index in [2.05, 4.69) is 27.3 Å². The summed E-state index contributed by atoms with van der Waals surface area (Å²) >= 11 is 0. The number of nitrogens with one attached hydrogen (secondary N) is 1. The maximum absolute atomic E-state index is 12.4. The summed E-state index contributed by atoms with van der Waals surface area (Å²) in [6.45, 7) is 1.75. The van der Waals surface area contributed by atoms with Crippen LogP contribution in [0.3, 0.4) is 0 Å². The number of benzene rings is 1. The molecule has 2 fully saturated rings. The molecule has 0 radical (unpaired) electrons. The number of hydrogen-bond donors (Lipinski definition) is 1. The molecule has 0 bridgehead atoms. The molecular formula is C20H26N4O. The first-order valence-electron chi connectivity index (χ1n) is 9.51. The summed E-state index contributed by atoms with van der Waals surface area (Å²) in [5.41, 5.74) is 1.24. The minimum atomic E-state index is 0.290. The lowest BCUT2D eigenvalue weighted by atomic mass is 9.93. The molecule has 5 heteroatoms. The van der Waals surface area contributed by atoms with Gasteiger partial charge < -0.3 is 4.90 Å². The molecule has 1 saturated carbocycles. The highest BCUT2D eigenvalue weighted by molar-refractivity contribution is 5.76. The van der Waals surface area contributed by atoms with E-state index < -0.39 is 0 Å². The third-order valence-corrected chi connectivity index (χ3v) is 5.41.